The Morgan fingerprint density at radius 1 is 1.39 bits per heavy atom. The number of hydrogen-bond acceptors (Lipinski definition) is 4. The van der Waals surface area contributed by atoms with E-state index in [0.717, 1.165) is 19.3 Å². The first-order chi connectivity index (χ1) is 8.30. The van der Waals surface area contributed by atoms with Gasteiger partial charge >= 0.3 is 0 Å². The van der Waals surface area contributed by atoms with E-state index in [1.54, 1.807) is 19.1 Å². The number of nitrogens with two attached hydrogens (primary N) is 1. The molecule has 0 atom stereocenters. The van der Waals surface area contributed by atoms with Crippen molar-refractivity contribution in [1.82, 2.24) is 0 Å². The van der Waals surface area contributed by atoms with Crippen LogP contribution in [0, 0.1) is 6.92 Å². The fraction of sp³-hybridized carbons (Fsp3) is 0.538. The minimum absolute atomic E-state index is 0.136. The Morgan fingerprint density at radius 2 is 2.00 bits per heavy atom. The number of hydrogen-bond donors (Lipinski definition) is 2. The van der Waals surface area contributed by atoms with E-state index in [4.69, 9.17) is 5.73 Å². The van der Waals surface area contributed by atoms with Gasteiger partial charge in [-0.3, -0.25) is 0 Å². The Bertz CT molecular complexity index is 569. The van der Waals surface area contributed by atoms with Crippen LogP contribution < -0.4 is 5.73 Å². The molecule has 0 aliphatic heterocycles. The van der Waals surface area contributed by atoms with E-state index >= 15 is 0 Å². The van der Waals surface area contributed by atoms with Gasteiger partial charge in [-0.25, -0.2) is 8.42 Å². The molecule has 100 valence electrons. The second-order valence-electron chi connectivity index (χ2n) is 5.25. The normalized spacial score (nSPS) is 18.4. The summed E-state index contributed by atoms with van der Waals surface area (Å²) in [6.45, 7) is 2.11. The number of benzene rings is 1. The van der Waals surface area contributed by atoms with Crippen molar-refractivity contribution < 1.29 is 13.5 Å². The van der Waals surface area contributed by atoms with E-state index in [9.17, 15) is 13.5 Å². The summed E-state index contributed by atoms with van der Waals surface area (Å²) >= 11 is 0. The lowest BCUT2D eigenvalue weighted by molar-refractivity contribution is 0.247. The third-order valence-electron chi connectivity index (χ3n) is 3.97. The molecule has 3 N–H and O–H groups in total. The zero-order valence-electron chi connectivity index (χ0n) is 10.7. The van der Waals surface area contributed by atoms with Gasteiger partial charge in [0.25, 0.3) is 0 Å². The first-order valence-electron chi connectivity index (χ1n) is 6.04. The summed E-state index contributed by atoms with van der Waals surface area (Å²) < 4.78 is 23.8. The van der Waals surface area contributed by atoms with Crippen LogP contribution in [0.1, 0.15) is 30.4 Å². The van der Waals surface area contributed by atoms with E-state index in [-0.39, 0.29) is 11.2 Å². The van der Waals surface area contributed by atoms with Gasteiger partial charge in [0, 0.05) is 18.2 Å². The van der Waals surface area contributed by atoms with Gasteiger partial charge in [0.1, 0.15) is 5.75 Å². The maximum Gasteiger partial charge on any atom is 0.175 e. The Labute approximate surface area is 108 Å². The Kier molecular flexibility index (Phi) is 3.15. The predicted octanol–water partition coefficient (Wildman–Crippen LogP) is 1.48. The first-order valence-corrected chi connectivity index (χ1v) is 7.93. The number of sulfone groups is 1. The summed E-state index contributed by atoms with van der Waals surface area (Å²) in [5, 5.41) is 9.83. The summed E-state index contributed by atoms with van der Waals surface area (Å²) in [5.41, 5.74) is 6.81. The highest BCUT2D eigenvalue weighted by molar-refractivity contribution is 7.90. The SMILES string of the molecule is Cc1cc(S(C)(=O)=O)c(C2(CN)CCC2)cc1O. The van der Waals surface area contributed by atoms with E-state index < -0.39 is 9.84 Å². The first kappa shape index (κ1) is 13.4. The number of phenols is 1. The molecule has 18 heavy (non-hydrogen) atoms. The Hall–Kier alpha value is -1.07. The molecule has 1 aromatic rings. The van der Waals surface area contributed by atoms with E-state index in [2.05, 4.69) is 0 Å². The summed E-state index contributed by atoms with van der Waals surface area (Å²) in [4.78, 5) is 0.308. The van der Waals surface area contributed by atoms with Crippen LogP contribution in [0.3, 0.4) is 0 Å². The van der Waals surface area contributed by atoms with Crippen molar-refractivity contribution in [3.05, 3.63) is 23.3 Å². The van der Waals surface area contributed by atoms with Crippen LogP contribution in [0.25, 0.3) is 0 Å². The predicted molar refractivity (Wildman–Crippen MR) is 70.5 cm³/mol. The molecule has 0 amide bonds. The highest BCUT2D eigenvalue weighted by atomic mass is 32.2. The monoisotopic (exact) mass is 269 g/mol. The number of aryl methyl sites for hydroxylation is 1. The fourth-order valence-corrected chi connectivity index (χ4v) is 3.64. The van der Waals surface area contributed by atoms with Gasteiger partial charge in [-0.05, 0) is 43.0 Å². The van der Waals surface area contributed by atoms with Crippen molar-refractivity contribution in [1.29, 1.82) is 0 Å². The van der Waals surface area contributed by atoms with Gasteiger partial charge in [-0.2, -0.15) is 0 Å². The van der Waals surface area contributed by atoms with Crippen molar-refractivity contribution in [3.63, 3.8) is 0 Å². The molecule has 2 rings (SSSR count). The lowest BCUT2D eigenvalue weighted by Crippen LogP contribution is -2.42. The average Bonchev–Trinajstić information content (AvgIpc) is 2.20. The van der Waals surface area contributed by atoms with E-state index in [0.29, 0.717) is 22.6 Å². The van der Waals surface area contributed by atoms with Crippen LogP contribution in [-0.4, -0.2) is 26.3 Å². The van der Waals surface area contributed by atoms with Crippen molar-refractivity contribution in [3.8, 4) is 5.75 Å². The Balaban J connectivity index is 2.69. The topological polar surface area (TPSA) is 80.4 Å². The third kappa shape index (κ3) is 2.01. The van der Waals surface area contributed by atoms with Crippen molar-refractivity contribution in [2.75, 3.05) is 12.8 Å². The van der Waals surface area contributed by atoms with Gasteiger partial charge in [-0.1, -0.05) is 6.42 Å². The smallest absolute Gasteiger partial charge is 0.175 e. The van der Waals surface area contributed by atoms with Crippen LogP contribution >= 0.6 is 0 Å². The molecule has 0 saturated heterocycles. The number of phenolic OH excluding ortho intramolecular Hbond substituents is 1. The summed E-state index contributed by atoms with van der Waals surface area (Å²) in [7, 11) is -3.31. The maximum atomic E-state index is 11.9. The van der Waals surface area contributed by atoms with E-state index in [1.807, 2.05) is 0 Å². The quantitative estimate of drug-likeness (QED) is 0.871. The highest BCUT2D eigenvalue weighted by Gasteiger charge is 2.40. The maximum absolute atomic E-state index is 11.9. The molecule has 0 spiro atoms. The molecule has 0 aromatic heterocycles. The van der Waals surface area contributed by atoms with Crippen LogP contribution in [0.15, 0.2) is 17.0 Å². The van der Waals surface area contributed by atoms with Crippen molar-refractivity contribution >= 4 is 9.84 Å². The second kappa shape index (κ2) is 4.24. The molecule has 1 saturated carbocycles. The lowest BCUT2D eigenvalue weighted by atomic mass is 9.64. The third-order valence-corrected chi connectivity index (χ3v) is 5.11. The zero-order valence-corrected chi connectivity index (χ0v) is 11.5. The van der Waals surface area contributed by atoms with Gasteiger partial charge in [0.15, 0.2) is 9.84 Å². The molecule has 0 unspecified atom stereocenters. The number of aromatic hydroxyl groups is 1. The summed E-state index contributed by atoms with van der Waals surface area (Å²) in [6, 6.07) is 3.13. The molecule has 1 aromatic carbocycles. The van der Waals surface area contributed by atoms with Crippen molar-refractivity contribution in [2.24, 2.45) is 5.73 Å². The number of rotatable bonds is 3. The zero-order chi connectivity index (χ0) is 13.6. The van der Waals surface area contributed by atoms with E-state index in [1.165, 1.54) is 6.26 Å². The Morgan fingerprint density at radius 3 is 2.39 bits per heavy atom. The molecular formula is C13H19NO3S. The molecular weight excluding hydrogens is 250 g/mol. The molecule has 1 aliphatic carbocycles. The molecule has 1 fully saturated rings. The largest absolute Gasteiger partial charge is 0.508 e. The minimum atomic E-state index is -3.31. The van der Waals surface area contributed by atoms with Gasteiger partial charge in [-0.15, -0.1) is 0 Å². The van der Waals surface area contributed by atoms with Crippen LogP contribution in [-0.2, 0) is 15.3 Å². The summed E-state index contributed by atoms with van der Waals surface area (Å²) in [5.74, 6) is 0.136. The van der Waals surface area contributed by atoms with Crippen LogP contribution in [0.5, 0.6) is 5.75 Å². The molecule has 5 heteroatoms. The minimum Gasteiger partial charge on any atom is -0.508 e. The molecule has 0 bridgehead atoms. The fourth-order valence-electron chi connectivity index (χ4n) is 2.58. The highest BCUT2D eigenvalue weighted by Crippen LogP contribution is 2.46. The van der Waals surface area contributed by atoms with Gasteiger partial charge < -0.3 is 10.8 Å². The lowest BCUT2D eigenvalue weighted by Gasteiger charge is -2.42. The molecule has 0 heterocycles. The second-order valence-corrected chi connectivity index (χ2v) is 7.23. The molecule has 0 radical (unpaired) electrons. The van der Waals surface area contributed by atoms with Crippen molar-refractivity contribution in [2.45, 2.75) is 36.5 Å². The van der Waals surface area contributed by atoms with Gasteiger partial charge in [0.05, 0.1) is 4.90 Å². The standard InChI is InChI=1S/C13H19NO3S/c1-9-6-12(18(2,16)17)10(7-11(9)15)13(8-14)4-3-5-13/h6-7,15H,3-5,8,14H2,1-2H3. The molecule has 1 aliphatic rings. The summed E-state index contributed by atoms with van der Waals surface area (Å²) in [6.07, 6.45) is 4.02. The van der Waals surface area contributed by atoms with Gasteiger partial charge in [0.2, 0.25) is 0 Å². The average molecular weight is 269 g/mol. The molecule has 4 nitrogen and oxygen atoms in total. The van der Waals surface area contributed by atoms with Crippen LogP contribution in [0.4, 0.5) is 0 Å². The van der Waals surface area contributed by atoms with Crippen LogP contribution in [0.2, 0.25) is 0 Å².